The van der Waals surface area contributed by atoms with Gasteiger partial charge in [0.25, 0.3) is 0 Å². The summed E-state index contributed by atoms with van der Waals surface area (Å²) in [7, 11) is 0. The Bertz CT molecular complexity index is 1290. The maximum atomic E-state index is 12.6. The van der Waals surface area contributed by atoms with Crippen molar-refractivity contribution in [3.05, 3.63) is 70.4 Å². The second kappa shape index (κ2) is 10.1. The Balaban J connectivity index is 1.17. The molecule has 3 aliphatic rings. The summed E-state index contributed by atoms with van der Waals surface area (Å²) in [5.41, 5.74) is 6.54. The molecule has 2 aromatic carbocycles. The van der Waals surface area contributed by atoms with E-state index in [0.29, 0.717) is 0 Å². The van der Waals surface area contributed by atoms with Gasteiger partial charge in [0.2, 0.25) is 5.91 Å². The molecular formula is C31H36N4O. The zero-order valence-electron chi connectivity index (χ0n) is 21.1. The van der Waals surface area contributed by atoms with Gasteiger partial charge in [-0.3, -0.25) is 14.8 Å². The molecule has 1 spiro atoms. The number of hydrogen-bond acceptors (Lipinski definition) is 3. The second-order valence-electron chi connectivity index (χ2n) is 10.9. The first-order valence-electron chi connectivity index (χ1n) is 13.7. The van der Waals surface area contributed by atoms with E-state index < -0.39 is 0 Å². The number of H-pyrrole nitrogens is 1. The lowest BCUT2D eigenvalue weighted by Crippen LogP contribution is -2.28. The molecule has 1 aromatic heterocycles. The summed E-state index contributed by atoms with van der Waals surface area (Å²) < 4.78 is 0. The molecule has 2 saturated heterocycles. The molecule has 0 radical (unpaired) electrons. The summed E-state index contributed by atoms with van der Waals surface area (Å²) in [5, 5.41) is 12.0. The van der Waals surface area contributed by atoms with Gasteiger partial charge in [-0.25, -0.2) is 0 Å². The number of fused-ring (bicyclic) bond motifs is 1. The highest BCUT2D eigenvalue weighted by atomic mass is 16.2. The van der Waals surface area contributed by atoms with Gasteiger partial charge in [0.1, 0.15) is 0 Å². The van der Waals surface area contributed by atoms with E-state index in [-0.39, 0.29) is 11.3 Å². The third-order valence-electron chi connectivity index (χ3n) is 8.41. The Morgan fingerprint density at radius 2 is 1.64 bits per heavy atom. The number of hydrogen-bond donors (Lipinski definition) is 2. The number of nitrogens with one attached hydrogen (secondary N) is 2. The smallest absolute Gasteiger partial charge is 0.247 e. The summed E-state index contributed by atoms with van der Waals surface area (Å²) in [6.07, 6.45) is 16.3. The lowest BCUT2D eigenvalue weighted by molar-refractivity contribution is -0.116. The summed E-state index contributed by atoms with van der Waals surface area (Å²) in [5.74, 6) is 0.104. The molecule has 186 valence electrons. The van der Waals surface area contributed by atoms with Gasteiger partial charge in [0.05, 0.1) is 11.2 Å². The van der Waals surface area contributed by atoms with Crippen LogP contribution in [0.15, 0.2) is 48.0 Å². The van der Waals surface area contributed by atoms with Gasteiger partial charge in [-0.1, -0.05) is 62.1 Å². The first-order valence-corrected chi connectivity index (χ1v) is 13.7. The number of carbonyl (C=O) groups is 1. The van der Waals surface area contributed by atoms with Gasteiger partial charge in [-0.2, -0.15) is 5.10 Å². The van der Waals surface area contributed by atoms with Crippen LogP contribution in [0.5, 0.6) is 0 Å². The van der Waals surface area contributed by atoms with Crippen LogP contribution in [0.4, 0.5) is 0 Å². The number of aromatic amines is 1. The predicted octanol–water partition coefficient (Wildman–Crippen LogP) is 6.18. The van der Waals surface area contributed by atoms with Crippen LogP contribution in [0.3, 0.4) is 0 Å². The van der Waals surface area contributed by atoms with Gasteiger partial charge in [-0.05, 0) is 79.7 Å². The molecule has 5 heteroatoms. The zero-order chi connectivity index (χ0) is 24.4. The normalized spacial score (nSPS) is 21.7. The van der Waals surface area contributed by atoms with Gasteiger partial charge in [0.15, 0.2) is 0 Å². The van der Waals surface area contributed by atoms with E-state index >= 15 is 0 Å². The molecule has 0 unspecified atom stereocenters. The monoisotopic (exact) mass is 480 g/mol. The maximum Gasteiger partial charge on any atom is 0.247 e. The number of amides is 1. The third kappa shape index (κ3) is 4.77. The molecule has 0 bridgehead atoms. The van der Waals surface area contributed by atoms with E-state index in [1.165, 1.54) is 62.7 Å². The van der Waals surface area contributed by atoms with Crippen molar-refractivity contribution in [3.8, 4) is 0 Å². The molecule has 6 rings (SSSR count). The standard InChI is InChI=1S/C31H36N4O/c36-30-27(31(22-32-30)15-3-1-4-16-31)19-25-11-13-26-28(33-34-29(26)20-25)14-12-23-7-9-24(10-8-23)21-35-17-5-2-6-18-35/h7-14,19-20H,1-6,15-18,21-22H2,(H,32,36)(H,33,34)/b14-12+,27-19?. The molecule has 0 atom stereocenters. The van der Waals surface area contributed by atoms with E-state index in [0.717, 1.165) is 53.7 Å². The van der Waals surface area contributed by atoms with Crippen molar-refractivity contribution in [2.45, 2.75) is 57.9 Å². The first-order chi connectivity index (χ1) is 17.7. The summed E-state index contributed by atoms with van der Waals surface area (Å²) >= 11 is 0. The third-order valence-corrected chi connectivity index (χ3v) is 8.41. The number of rotatable bonds is 5. The van der Waals surface area contributed by atoms with Crippen molar-refractivity contribution < 1.29 is 4.79 Å². The minimum Gasteiger partial charge on any atom is -0.351 e. The lowest BCUT2D eigenvalue weighted by atomic mass is 9.70. The maximum absolute atomic E-state index is 12.6. The fourth-order valence-electron chi connectivity index (χ4n) is 6.30. The minimum atomic E-state index is 0.0233. The van der Waals surface area contributed by atoms with E-state index in [4.69, 9.17) is 0 Å². The van der Waals surface area contributed by atoms with E-state index in [2.05, 4.69) is 81.1 Å². The van der Waals surface area contributed by atoms with Crippen molar-refractivity contribution in [3.63, 3.8) is 0 Å². The number of likely N-dealkylation sites (tertiary alicyclic amines) is 1. The lowest BCUT2D eigenvalue weighted by Gasteiger charge is -2.32. The van der Waals surface area contributed by atoms with Crippen molar-refractivity contribution in [1.29, 1.82) is 0 Å². The van der Waals surface area contributed by atoms with Gasteiger partial charge < -0.3 is 5.32 Å². The van der Waals surface area contributed by atoms with Crippen molar-refractivity contribution in [2.75, 3.05) is 19.6 Å². The highest BCUT2D eigenvalue weighted by Gasteiger charge is 2.43. The van der Waals surface area contributed by atoms with Crippen LogP contribution < -0.4 is 5.32 Å². The average Bonchev–Trinajstić information content (AvgIpc) is 3.45. The van der Waals surface area contributed by atoms with Crippen LogP contribution in [0, 0.1) is 5.41 Å². The van der Waals surface area contributed by atoms with Crippen LogP contribution in [-0.4, -0.2) is 40.6 Å². The van der Waals surface area contributed by atoms with Crippen LogP contribution >= 0.6 is 0 Å². The Morgan fingerprint density at radius 1 is 0.889 bits per heavy atom. The Kier molecular flexibility index (Phi) is 6.49. The van der Waals surface area contributed by atoms with Gasteiger partial charge in [0, 0.05) is 29.5 Å². The first kappa shape index (κ1) is 23.2. The highest BCUT2D eigenvalue weighted by molar-refractivity contribution is 6.02. The van der Waals surface area contributed by atoms with Crippen LogP contribution in [-0.2, 0) is 11.3 Å². The van der Waals surface area contributed by atoms with E-state index in [1.807, 2.05) is 0 Å². The number of nitrogens with zero attached hydrogens (tertiary/aromatic N) is 2. The van der Waals surface area contributed by atoms with Crippen LogP contribution in [0.25, 0.3) is 29.1 Å². The number of carbonyl (C=O) groups excluding carboxylic acids is 1. The number of benzene rings is 2. The average molecular weight is 481 g/mol. The molecule has 36 heavy (non-hydrogen) atoms. The van der Waals surface area contributed by atoms with E-state index in [9.17, 15) is 4.79 Å². The summed E-state index contributed by atoms with van der Waals surface area (Å²) in [6, 6.07) is 15.2. The van der Waals surface area contributed by atoms with Crippen molar-refractivity contribution >= 4 is 35.0 Å². The molecule has 1 saturated carbocycles. The number of aromatic nitrogens is 2. The Hall–Kier alpha value is -3.18. The predicted molar refractivity (Wildman–Crippen MR) is 147 cm³/mol. The summed E-state index contributed by atoms with van der Waals surface area (Å²) in [4.78, 5) is 15.2. The Labute approximate surface area is 213 Å². The fraction of sp³-hybridized carbons (Fsp3) is 0.419. The van der Waals surface area contributed by atoms with E-state index in [1.54, 1.807) is 0 Å². The molecule has 1 amide bonds. The summed E-state index contributed by atoms with van der Waals surface area (Å²) in [6.45, 7) is 4.29. The highest BCUT2D eigenvalue weighted by Crippen LogP contribution is 2.45. The molecule has 2 aliphatic heterocycles. The zero-order valence-corrected chi connectivity index (χ0v) is 21.1. The minimum absolute atomic E-state index is 0.0233. The fourth-order valence-corrected chi connectivity index (χ4v) is 6.30. The largest absolute Gasteiger partial charge is 0.351 e. The SMILES string of the molecule is O=C1NCC2(CCCCC2)C1=Cc1ccc2c(/C=C/c3ccc(CN4CCCCC4)cc3)n[nH]c2c1. The van der Waals surface area contributed by atoms with Gasteiger partial charge >= 0.3 is 0 Å². The molecule has 5 nitrogen and oxygen atoms in total. The molecular weight excluding hydrogens is 444 g/mol. The molecule has 2 N–H and O–H groups in total. The van der Waals surface area contributed by atoms with Crippen molar-refractivity contribution in [2.24, 2.45) is 5.41 Å². The molecule has 1 aliphatic carbocycles. The Morgan fingerprint density at radius 3 is 2.44 bits per heavy atom. The van der Waals surface area contributed by atoms with Crippen LogP contribution in [0.2, 0.25) is 0 Å². The molecule has 3 heterocycles. The van der Waals surface area contributed by atoms with Crippen LogP contribution in [0.1, 0.15) is 73.8 Å². The van der Waals surface area contributed by atoms with Crippen molar-refractivity contribution in [1.82, 2.24) is 20.4 Å². The molecule has 3 fully saturated rings. The second-order valence-corrected chi connectivity index (χ2v) is 10.9. The quantitative estimate of drug-likeness (QED) is 0.429. The topological polar surface area (TPSA) is 61.0 Å². The number of piperidine rings is 1. The molecule has 3 aromatic rings. The van der Waals surface area contributed by atoms with Gasteiger partial charge in [-0.15, -0.1) is 0 Å².